The molecule has 3 aromatic carbocycles. The Hall–Kier alpha value is -4.32. The highest BCUT2D eigenvalue weighted by atomic mass is 16.2. The number of hydrogen-bond donors (Lipinski definition) is 4. The van der Waals surface area contributed by atoms with Crippen molar-refractivity contribution < 1.29 is 4.79 Å². The van der Waals surface area contributed by atoms with E-state index in [4.69, 9.17) is 0 Å². The summed E-state index contributed by atoms with van der Waals surface area (Å²) in [7, 11) is 0. The van der Waals surface area contributed by atoms with Gasteiger partial charge in [0, 0.05) is 30.1 Å². The highest BCUT2D eigenvalue weighted by Crippen LogP contribution is 2.25. The van der Waals surface area contributed by atoms with Gasteiger partial charge < -0.3 is 20.6 Å². The number of urea groups is 1. The number of carbonyl (C=O) groups is 1. The van der Waals surface area contributed by atoms with Crippen LogP contribution in [-0.4, -0.2) is 21.0 Å². The van der Waals surface area contributed by atoms with Gasteiger partial charge in [0.15, 0.2) is 0 Å². The van der Waals surface area contributed by atoms with E-state index >= 15 is 0 Å². The van der Waals surface area contributed by atoms with E-state index in [-0.39, 0.29) is 12.1 Å². The summed E-state index contributed by atoms with van der Waals surface area (Å²) in [6.45, 7) is 0.458. The van der Waals surface area contributed by atoms with Crippen LogP contribution in [0.2, 0.25) is 0 Å². The van der Waals surface area contributed by atoms with Crippen LogP contribution < -0.4 is 10.6 Å². The zero-order chi connectivity index (χ0) is 22.5. The van der Waals surface area contributed by atoms with Gasteiger partial charge >= 0.3 is 6.03 Å². The first-order valence-corrected chi connectivity index (χ1v) is 11.0. The van der Waals surface area contributed by atoms with Crippen molar-refractivity contribution in [1.82, 2.24) is 25.6 Å². The lowest BCUT2D eigenvalue weighted by molar-refractivity contribution is 0.236. The lowest BCUT2D eigenvalue weighted by Crippen LogP contribution is -2.38. The Kier molecular flexibility index (Phi) is 5.89. The van der Waals surface area contributed by atoms with E-state index in [1.807, 2.05) is 91.3 Å². The van der Waals surface area contributed by atoms with Crippen molar-refractivity contribution in [3.05, 3.63) is 114 Å². The number of hydrogen-bond acceptors (Lipinski definition) is 2. The third-order valence-electron chi connectivity index (χ3n) is 5.71. The first kappa shape index (κ1) is 20.6. The normalized spacial score (nSPS) is 11.9. The van der Waals surface area contributed by atoms with Crippen LogP contribution in [0.1, 0.15) is 23.0 Å². The molecule has 2 amide bonds. The van der Waals surface area contributed by atoms with Gasteiger partial charge in [0.2, 0.25) is 0 Å². The van der Waals surface area contributed by atoms with Crippen molar-refractivity contribution >= 4 is 16.9 Å². The van der Waals surface area contributed by atoms with Crippen LogP contribution >= 0.6 is 0 Å². The number of nitrogens with zero attached hydrogens (tertiary/aromatic N) is 1. The van der Waals surface area contributed by atoms with Gasteiger partial charge in [-0.15, -0.1) is 0 Å². The standard InChI is InChI=1S/C27H25N5O/c33-27(30-16-19-9-3-1-4-10-19)32-24(15-21-17-28-23-14-8-7-13-22(21)23)26-29-18-25(31-26)20-11-5-2-6-12-20/h1-14,17-18,24,28H,15-16H2,(H,29,31)(H2,30,32,33)/t24-/m1/s1. The summed E-state index contributed by atoms with van der Waals surface area (Å²) in [4.78, 5) is 24.1. The molecule has 2 heterocycles. The molecule has 0 fully saturated rings. The van der Waals surface area contributed by atoms with Gasteiger partial charge in [0.05, 0.1) is 17.9 Å². The van der Waals surface area contributed by atoms with Crippen molar-refractivity contribution in [1.29, 1.82) is 0 Å². The Morgan fingerprint density at radius 1 is 0.909 bits per heavy atom. The van der Waals surface area contributed by atoms with Crippen molar-refractivity contribution in [2.45, 2.75) is 19.0 Å². The number of nitrogens with one attached hydrogen (secondary N) is 4. The molecule has 2 aromatic heterocycles. The molecule has 0 radical (unpaired) electrons. The van der Waals surface area contributed by atoms with Crippen molar-refractivity contribution in [3.63, 3.8) is 0 Å². The van der Waals surface area contributed by atoms with Gasteiger partial charge in [0.25, 0.3) is 0 Å². The Balaban J connectivity index is 1.38. The molecule has 0 aliphatic carbocycles. The van der Waals surface area contributed by atoms with Gasteiger partial charge in [-0.1, -0.05) is 78.9 Å². The van der Waals surface area contributed by atoms with Crippen LogP contribution in [0.25, 0.3) is 22.2 Å². The quantitative estimate of drug-likeness (QED) is 0.278. The molecule has 0 spiro atoms. The maximum Gasteiger partial charge on any atom is 0.315 e. The fourth-order valence-electron chi connectivity index (χ4n) is 4.00. The highest BCUT2D eigenvalue weighted by molar-refractivity contribution is 5.83. The molecule has 0 aliphatic heterocycles. The van der Waals surface area contributed by atoms with Crippen molar-refractivity contribution in [3.8, 4) is 11.3 Å². The molecule has 6 nitrogen and oxygen atoms in total. The number of carbonyl (C=O) groups excluding carboxylic acids is 1. The molecule has 4 N–H and O–H groups in total. The smallest absolute Gasteiger partial charge is 0.315 e. The molecule has 0 bridgehead atoms. The summed E-state index contributed by atoms with van der Waals surface area (Å²) in [5.41, 5.74) is 5.21. The monoisotopic (exact) mass is 435 g/mol. The first-order valence-electron chi connectivity index (χ1n) is 11.0. The van der Waals surface area contributed by atoms with E-state index in [0.29, 0.717) is 18.8 Å². The minimum atomic E-state index is -0.322. The van der Waals surface area contributed by atoms with Crippen LogP contribution in [0.5, 0.6) is 0 Å². The number of imidazole rings is 1. The van der Waals surface area contributed by atoms with Crippen LogP contribution in [0, 0.1) is 0 Å². The summed E-state index contributed by atoms with van der Waals surface area (Å²) in [6.07, 6.45) is 4.42. The van der Waals surface area contributed by atoms with Crippen LogP contribution in [-0.2, 0) is 13.0 Å². The predicted octanol–water partition coefficient (Wildman–Crippen LogP) is 5.34. The SMILES string of the molecule is O=C(NCc1ccccc1)N[C@H](Cc1c[nH]c2ccccc12)c1ncc(-c2ccccc2)[nH]1. The molecule has 0 unspecified atom stereocenters. The van der Waals surface area contributed by atoms with Gasteiger partial charge in [-0.05, 0) is 22.8 Å². The van der Waals surface area contributed by atoms with Gasteiger partial charge in [0.1, 0.15) is 5.82 Å². The topological polar surface area (TPSA) is 85.6 Å². The largest absolute Gasteiger partial charge is 0.361 e. The van der Waals surface area contributed by atoms with Gasteiger partial charge in [-0.3, -0.25) is 0 Å². The lowest BCUT2D eigenvalue weighted by Gasteiger charge is -2.17. The average molecular weight is 436 g/mol. The Morgan fingerprint density at radius 2 is 1.64 bits per heavy atom. The molecule has 1 atom stereocenters. The molecule has 5 aromatic rings. The maximum atomic E-state index is 12.8. The summed E-state index contributed by atoms with van der Waals surface area (Å²) < 4.78 is 0. The lowest BCUT2D eigenvalue weighted by atomic mass is 10.0. The summed E-state index contributed by atoms with van der Waals surface area (Å²) in [5, 5.41) is 7.21. The second-order valence-corrected chi connectivity index (χ2v) is 7.98. The maximum absolute atomic E-state index is 12.8. The van der Waals surface area contributed by atoms with Crippen LogP contribution in [0.15, 0.2) is 97.3 Å². The Labute approximate surface area is 192 Å². The number of benzene rings is 3. The molecule has 0 aliphatic rings. The minimum absolute atomic E-state index is 0.235. The zero-order valence-corrected chi connectivity index (χ0v) is 18.1. The van der Waals surface area contributed by atoms with Crippen molar-refractivity contribution in [2.24, 2.45) is 0 Å². The molecule has 0 saturated carbocycles. The second-order valence-electron chi connectivity index (χ2n) is 7.98. The zero-order valence-electron chi connectivity index (χ0n) is 18.1. The third-order valence-corrected chi connectivity index (χ3v) is 5.71. The number of rotatable bonds is 7. The van der Waals surface area contributed by atoms with E-state index in [1.54, 1.807) is 0 Å². The molecule has 33 heavy (non-hydrogen) atoms. The Bertz CT molecular complexity index is 1340. The van der Waals surface area contributed by atoms with Gasteiger partial charge in [-0.2, -0.15) is 0 Å². The summed E-state index contributed by atoms with van der Waals surface area (Å²) >= 11 is 0. The summed E-state index contributed by atoms with van der Waals surface area (Å²) in [5.74, 6) is 0.717. The Morgan fingerprint density at radius 3 is 2.45 bits per heavy atom. The van der Waals surface area contributed by atoms with E-state index in [1.165, 1.54) is 0 Å². The number of fused-ring (bicyclic) bond motifs is 1. The van der Waals surface area contributed by atoms with Crippen LogP contribution in [0.4, 0.5) is 4.79 Å². The molecule has 6 heteroatoms. The van der Waals surface area contributed by atoms with Crippen LogP contribution in [0.3, 0.4) is 0 Å². The van der Waals surface area contributed by atoms with Gasteiger partial charge in [-0.25, -0.2) is 9.78 Å². The number of H-pyrrole nitrogens is 2. The fourth-order valence-corrected chi connectivity index (χ4v) is 4.00. The van der Waals surface area contributed by atoms with E-state index < -0.39 is 0 Å². The molecule has 5 rings (SSSR count). The number of para-hydroxylation sites is 1. The second kappa shape index (κ2) is 9.44. The minimum Gasteiger partial charge on any atom is -0.361 e. The molecular formula is C27H25N5O. The van der Waals surface area contributed by atoms with E-state index in [2.05, 4.69) is 31.7 Å². The highest BCUT2D eigenvalue weighted by Gasteiger charge is 2.20. The molecule has 164 valence electrons. The number of amides is 2. The molecular weight excluding hydrogens is 410 g/mol. The first-order chi connectivity index (χ1) is 16.3. The van der Waals surface area contributed by atoms with E-state index in [9.17, 15) is 4.79 Å². The number of aromatic nitrogens is 3. The molecule has 0 saturated heterocycles. The van der Waals surface area contributed by atoms with E-state index in [0.717, 1.165) is 33.3 Å². The average Bonchev–Trinajstić information content (AvgIpc) is 3.52. The summed E-state index contributed by atoms with van der Waals surface area (Å²) in [6, 6.07) is 27.5. The fraction of sp³-hybridized carbons (Fsp3) is 0.111. The van der Waals surface area contributed by atoms with Crippen molar-refractivity contribution in [2.75, 3.05) is 0 Å². The third kappa shape index (κ3) is 4.80. The predicted molar refractivity (Wildman–Crippen MR) is 131 cm³/mol. The number of aromatic amines is 2.